The molecule has 106 valence electrons. The van der Waals surface area contributed by atoms with E-state index in [0.717, 1.165) is 21.5 Å². The molecule has 0 aliphatic carbocycles. The molecule has 0 saturated heterocycles. The van der Waals surface area contributed by atoms with Crippen LogP contribution in [0.2, 0.25) is 5.02 Å². The SMILES string of the molecule is NNC(=O)c1ccc(Cn2ccc3ccc(Cl)cc32)cc1. The number of carbonyl (C=O) groups excluding carboxylic acids is 1. The van der Waals surface area contributed by atoms with E-state index in [1.54, 1.807) is 12.1 Å². The maximum Gasteiger partial charge on any atom is 0.265 e. The van der Waals surface area contributed by atoms with Crippen molar-refractivity contribution < 1.29 is 4.79 Å². The Morgan fingerprint density at radius 3 is 2.62 bits per heavy atom. The first-order valence-corrected chi connectivity index (χ1v) is 6.89. The monoisotopic (exact) mass is 299 g/mol. The van der Waals surface area contributed by atoms with Gasteiger partial charge >= 0.3 is 0 Å². The number of nitrogens with one attached hydrogen (secondary N) is 1. The highest BCUT2D eigenvalue weighted by Crippen LogP contribution is 2.21. The maximum absolute atomic E-state index is 11.4. The number of hydrogen-bond acceptors (Lipinski definition) is 2. The normalized spacial score (nSPS) is 10.8. The van der Waals surface area contributed by atoms with E-state index in [2.05, 4.69) is 16.1 Å². The van der Waals surface area contributed by atoms with Crippen LogP contribution in [0.25, 0.3) is 10.9 Å². The van der Waals surface area contributed by atoms with E-state index in [1.807, 2.05) is 36.5 Å². The van der Waals surface area contributed by atoms with Gasteiger partial charge in [0.15, 0.2) is 0 Å². The van der Waals surface area contributed by atoms with Gasteiger partial charge in [0.1, 0.15) is 0 Å². The second-order valence-corrected chi connectivity index (χ2v) is 5.25. The predicted molar refractivity (Wildman–Crippen MR) is 84.1 cm³/mol. The molecule has 0 aliphatic heterocycles. The number of nitrogens with zero attached hydrogens (tertiary/aromatic N) is 1. The number of benzene rings is 2. The van der Waals surface area contributed by atoms with E-state index in [1.165, 1.54) is 0 Å². The Hall–Kier alpha value is -2.30. The van der Waals surface area contributed by atoms with E-state index >= 15 is 0 Å². The fourth-order valence-corrected chi connectivity index (χ4v) is 2.50. The molecule has 3 rings (SSSR count). The Bertz CT molecular complexity index is 793. The van der Waals surface area contributed by atoms with E-state index in [9.17, 15) is 4.79 Å². The summed E-state index contributed by atoms with van der Waals surface area (Å²) in [5.74, 6) is 4.82. The summed E-state index contributed by atoms with van der Waals surface area (Å²) in [5, 5.41) is 1.87. The summed E-state index contributed by atoms with van der Waals surface area (Å²) in [4.78, 5) is 11.4. The van der Waals surface area contributed by atoms with E-state index < -0.39 is 0 Å². The summed E-state index contributed by atoms with van der Waals surface area (Å²) in [7, 11) is 0. The van der Waals surface area contributed by atoms with Gasteiger partial charge in [-0.25, -0.2) is 5.84 Å². The van der Waals surface area contributed by atoms with Crippen LogP contribution >= 0.6 is 11.6 Å². The predicted octanol–water partition coefficient (Wildman–Crippen LogP) is 2.95. The van der Waals surface area contributed by atoms with Crippen LogP contribution in [-0.4, -0.2) is 10.5 Å². The van der Waals surface area contributed by atoms with Gasteiger partial charge in [0, 0.05) is 28.8 Å². The third-order valence-electron chi connectivity index (χ3n) is 3.44. The number of fused-ring (bicyclic) bond motifs is 1. The lowest BCUT2D eigenvalue weighted by Gasteiger charge is -2.07. The second kappa shape index (κ2) is 5.60. The highest BCUT2D eigenvalue weighted by Gasteiger charge is 2.05. The number of aromatic nitrogens is 1. The summed E-state index contributed by atoms with van der Waals surface area (Å²) < 4.78 is 2.12. The Kier molecular flexibility index (Phi) is 3.64. The molecular formula is C16H14ClN3O. The van der Waals surface area contributed by atoms with Crippen molar-refractivity contribution in [1.82, 2.24) is 9.99 Å². The van der Waals surface area contributed by atoms with E-state index in [-0.39, 0.29) is 5.91 Å². The van der Waals surface area contributed by atoms with Crippen LogP contribution < -0.4 is 11.3 Å². The Morgan fingerprint density at radius 1 is 1.14 bits per heavy atom. The molecule has 0 aliphatic rings. The molecule has 0 radical (unpaired) electrons. The molecule has 1 heterocycles. The molecule has 5 heteroatoms. The molecule has 0 saturated carbocycles. The third-order valence-corrected chi connectivity index (χ3v) is 3.67. The summed E-state index contributed by atoms with van der Waals surface area (Å²) in [6.07, 6.45) is 2.03. The number of amides is 1. The van der Waals surface area contributed by atoms with Crippen LogP contribution in [-0.2, 0) is 6.54 Å². The smallest absolute Gasteiger partial charge is 0.265 e. The highest BCUT2D eigenvalue weighted by molar-refractivity contribution is 6.31. The zero-order valence-electron chi connectivity index (χ0n) is 11.2. The molecule has 0 atom stereocenters. The van der Waals surface area contributed by atoms with Gasteiger partial charge in [0.2, 0.25) is 0 Å². The summed E-state index contributed by atoms with van der Waals surface area (Å²) >= 11 is 6.05. The first kappa shape index (κ1) is 13.7. The zero-order valence-corrected chi connectivity index (χ0v) is 12.0. The number of carbonyl (C=O) groups is 1. The van der Waals surface area contributed by atoms with Crippen molar-refractivity contribution in [3.8, 4) is 0 Å². The van der Waals surface area contributed by atoms with E-state index in [4.69, 9.17) is 17.4 Å². The van der Waals surface area contributed by atoms with E-state index in [0.29, 0.717) is 12.1 Å². The minimum Gasteiger partial charge on any atom is -0.343 e. The van der Waals surface area contributed by atoms with Crippen LogP contribution in [0.1, 0.15) is 15.9 Å². The second-order valence-electron chi connectivity index (χ2n) is 4.82. The average Bonchev–Trinajstić information content (AvgIpc) is 2.89. The number of halogens is 1. The van der Waals surface area contributed by atoms with Crippen LogP contribution in [0.5, 0.6) is 0 Å². The molecular weight excluding hydrogens is 286 g/mol. The largest absolute Gasteiger partial charge is 0.343 e. The highest BCUT2D eigenvalue weighted by atomic mass is 35.5. The fourth-order valence-electron chi connectivity index (χ4n) is 2.34. The first-order valence-electron chi connectivity index (χ1n) is 6.51. The number of rotatable bonds is 3. The van der Waals surface area contributed by atoms with Crippen LogP contribution in [0, 0.1) is 0 Å². The van der Waals surface area contributed by atoms with Crippen molar-refractivity contribution >= 4 is 28.4 Å². The third kappa shape index (κ3) is 2.77. The van der Waals surface area contributed by atoms with Crippen molar-refractivity contribution in [1.29, 1.82) is 0 Å². The number of nitrogen functional groups attached to an aromatic ring is 1. The van der Waals surface area contributed by atoms with Gasteiger partial charge in [-0.05, 0) is 41.3 Å². The minimum atomic E-state index is -0.292. The molecule has 0 bridgehead atoms. The van der Waals surface area contributed by atoms with Crippen molar-refractivity contribution in [2.24, 2.45) is 5.84 Å². The molecule has 1 aromatic heterocycles. The number of nitrogens with two attached hydrogens (primary N) is 1. The van der Waals surface area contributed by atoms with Crippen molar-refractivity contribution in [2.45, 2.75) is 6.54 Å². The molecule has 4 nitrogen and oxygen atoms in total. The lowest BCUT2D eigenvalue weighted by atomic mass is 10.1. The molecule has 0 spiro atoms. The van der Waals surface area contributed by atoms with Crippen molar-refractivity contribution in [3.05, 3.63) is 70.9 Å². The van der Waals surface area contributed by atoms with Crippen LogP contribution in [0.3, 0.4) is 0 Å². The van der Waals surface area contributed by atoms with Gasteiger partial charge in [0.25, 0.3) is 5.91 Å². The zero-order chi connectivity index (χ0) is 14.8. The summed E-state index contributed by atoms with van der Waals surface area (Å²) in [6, 6.07) is 15.3. The minimum absolute atomic E-state index is 0.292. The average molecular weight is 300 g/mol. The Labute approximate surface area is 127 Å². The molecule has 1 amide bonds. The van der Waals surface area contributed by atoms with Gasteiger partial charge in [0.05, 0.1) is 0 Å². The van der Waals surface area contributed by atoms with Gasteiger partial charge in [-0.15, -0.1) is 0 Å². The van der Waals surface area contributed by atoms with Crippen molar-refractivity contribution in [3.63, 3.8) is 0 Å². The van der Waals surface area contributed by atoms with Gasteiger partial charge in [-0.2, -0.15) is 0 Å². The molecule has 2 aromatic carbocycles. The maximum atomic E-state index is 11.4. The lowest BCUT2D eigenvalue weighted by molar-refractivity contribution is 0.0953. The lowest BCUT2D eigenvalue weighted by Crippen LogP contribution is -2.29. The molecule has 3 aromatic rings. The van der Waals surface area contributed by atoms with Gasteiger partial charge in [-0.1, -0.05) is 29.8 Å². The summed E-state index contributed by atoms with van der Waals surface area (Å²) in [5.41, 5.74) is 4.85. The fraction of sp³-hybridized carbons (Fsp3) is 0.0625. The number of hydrazine groups is 1. The Morgan fingerprint density at radius 2 is 1.90 bits per heavy atom. The molecule has 0 fully saturated rings. The standard InChI is InChI=1S/C16H14ClN3O/c17-14-6-5-12-7-8-20(15(12)9-14)10-11-1-3-13(4-2-11)16(21)19-18/h1-9H,10,18H2,(H,19,21). The van der Waals surface area contributed by atoms with Crippen LogP contribution in [0.4, 0.5) is 0 Å². The molecule has 21 heavy (non-hydrogen) atoms. The van der Waals surface area contributed by atoms with Gasteiger partial charge < -0.3 is 4.57 Å². The molecule has 0 unspecified atom stereocenters. The quantitative estimate of drug-likeness (QED) is 0.444. The number of hydrogen-bond donors (Lipinski definition) is 2. The van der Waals surface area contributed by atoms with Gasteiger partial charge in [-0.3, -0.25) is 10.2 Å². The molecule has 3 N–H and O–H groups in total. The topological polar surface area (TPSA) is 60.0 Å². The first-order chi connectivity index (χ1) is 10.2. The summed E-state index contributed by atoms with van der Waals surface area (Å²) in [6.45, 7) is 0.717. The van der Waals surface area contributed by atoms with Crippen molar-refractivity contribution in [2.75, 3.05) is 0 Å². The Balaban J connectivity index is 1.88. The van der Waals surface area contributed by atoms with Crippen LogP contribution in [0.15, 0.2) is 54.7 Å².